The molecule has 0 radical (unpaired) electrons. The van der Waals surface area contributed by atoms with E-state index in [0.29, 0.717) is 5.75 Å². The molecule has 13 heavy (non-hydrogen) atoms. The van der Waals surface area contributed by atoms with Crippen LogP contribution in [0.15, 0.2) is 69.8 Å². The Hall–Kier alpha value is -1.76. The van der Waals surface area contributed by atoms with Gasteiger partial charge in [0.25, 0.3) is 0 Å². The highest BCUT2D eigenvalue weighted by molar-refractivity contribution is 5.18. The monoisotopic (exact) mass is 178 g/mol. The molecule has 1 aromatic carbocycles. The van der Waals surface area contributed by atoms with Gasteiger partial charge in [-0.1, -0.05) is 18.2 Å². The van der Waals surface area contributed by atoms with Crippen LogP contribution in [0.5, 0.6) is 5.75 Å². The van der Waals surface area contributed by atoms with Crippen LogP contribution >= 0.6 is 0 Å². The normalized spacial score (nSPS) is 5.54. The molecule has 1 rings (SSSR count). The van der Waals surface area contributed by atoms with E-state index in [1.807, 2.05) is 6.07 Å². The summed E-state index contributed by atoms with van der Waals surface area (Å²) in [7, 11) is 0. The second-order valence-corrected chi connectivity index (χ2v) is 1.34. The molecule has 0 aliphatic rings. The number of rotatable bonds is 0. The molecule has 0 heterocycles. The fourth-order valence-electron chi connectivity index (χ4n) is 0.428. The third-order valence-electron chi connectivity index (χ3n) is 0.756. The van der Waals surface area contributed by atoms with Crippen LogP contribution in [0.25, 0.3) is 0 Å². The molecule has 1 nitrogen and oxygen atoms in total. The molecule has 0 fully saturated rings. The molecule has 0 saturated carbocycles. The van der Waals surface area contributed by atoms with Crippen molar-refractivity contribution in [2.45, 2.75) is 0 Å². The molecule has 0 spiro atoms. The highest BCUT2D eigenvalue weighted by Gasteiger charge is 1.74. The number of para-hydroxylation sites is 1. The molecule has 0 amide bonds. The molecule has 1 heteroatoms. The Morgan fingerprint density at radius 3 is 1.15 bits per heavy atom. The van der Waals surface area contributed by atoms with Crippen molar-refractivity contribution in [3.05, 3.63) is 69.8 Å². The van der Waals surface area contributed by atoms with Gasteiger partial charge in [0.2, 0.25) is 0 Å². The van der Waals surface area contributed by atoms with E-state index in [9.17, 15) is 0 Å². The molecule has 0 bridgehead atoms. The number of hydrogen-bond acceptors (Lipinski definition) is 1. The third kappa shape index (κ3) is 17.9. The van der Waals surface area contributed by atoms with Crippen LogP contribution in [-0.2, 0) is 0 Å². The molecule has 0 aliphatic heterocycles. The topological polar surface area (TPSA) is 20.2 Å². The van der Waals surface area contributed by atoms with Crippen LogP contribution in [0.3, 0.4) is 0 Å². The molecule has 1 aromatic rings. The van der Waals surface area contributed by atoms with Crippen LogP contribution in [0.4, 0.5) is 0 Å². The van der Waals surface area contributed by atoms with Crippen LogP contribution in [0.1, 0.15) is 0 Å². The largest absolute Gasteiger partial charge is 0.508 e. The van der Waals surface area contributed by atoms with E-state index in [0.717, 1.165) is 0 Å². The van der Waals surface area contributed by atoms with Gasteiger partial charge in [-0.3, -0.25) is 0 Å². The van der Waals surface area contributed by atoms with Gasteiger partial charge in [0, 0.05) is 0 Å². The van der Waals surface area contributed by atoms with Gasteiger partial charge in [0.05, 0.1) is 0 Å². The van der Waals surface area contributed by atoms with Gasteiger partial charge < -0.3 is 5.11 Å². The Bertz CT molecular complexity index is 165. The minimum Gasteiger partial charge on any atom is -0.508 e. The molecular weight excluding hydrogens is 160 g/mol. The van der Waals surface area contributed by atoms with E-state index in [1.165, 1.54) is 0 Å². The molecule has 0 saturated heterocycles. The second-order valence-electron chi connectivity index (χ2n) is 1.34. The highest BCUT2D eigenvalue weighted by Crippen LogP contribution is 2.02. The number of hydrogen-bond donors (Lipinski definition) is 1. The third-order valence-corrected chi connectivity index (χ3v) is 0.756. The van der Waals surface area contributed by atoms with Crippen molar-refractivity contribution in [1.29, 1.82) is 0 Å². The molecule has 0 atom stereocenters. The Morgan fingerprint density at radius 2 is 1.00 bits per heavy atom. The van der Waals surface area contributed by atoms with Gasteiger partial charge in [-0.15, -0.1) is 39.5 Å². The lowest BCUT2D eigenvalue weighted by atomic mass is 10.3. The summed E-state index contributed by atoms with van der Waals surface area (Å²) in [4.78, 5) is 0. The zero-order valence-electron chi connectivity index (χ0n) is 8.08. The first-order valence-electron chi connectivity index (χ1n) is 3.63. The molecule has 72 valence electrons. The molecule has 0 aliphatic carbocycles. The quantitative estimate of drug-likeness (QED) is 0.599. The summed E-state index contributed by atoms with van der Waals surface area (Å²) in [6.45, 7) is 18.0. The summed E-state index contributed by atoms with van der Waals surface area (Å²) in [5.41, 5.74) is 0. The smallest absolute Gasteiger partial charge is 0.115 e. The van der Waals surface area contributed by atoms with E-state index < -0.39 is 0 Å². The maximum absolute atomic E-state index is 8.63. The minimum absolute atomic E-state index is 0.322. The van der Waals surface area contributed by atoms with Crippen LogP contribution < -0.4 is 0 Å². The lowest BCUT2D eigenvalue weighted by molar-refractivity contribution is 0.475. The summed E-state index contributed by atoms with van der Waals surface area (Å²) in [6.07, 6.45) is 0. The van der Waals surface area contributed by atoms with Crippen molar-refractivity contribution in [2.75, 3.05) is 0 Å². The molecule has 1 N–H and O–H groups in total. The van der Waals surface area contributed by atoms with Crippen molar-refractivity contribution < 1.29 is 5.11 Å². The summed E-state index contributed by atoms with van der Waals surface area (Å²) in [6, 6.07) is 8.71. The predicted molar refractivity (Wildman–Crippen MR) is 61.9 cm³/mol. The van der Waals surface area contributed by atoms with Crippen LogP contribution in [-0.4, -0.2) is 5.11 Å². The van der Waals surface area contributed by atoms with Crippen LogP contribution in [0, 0.1) is 0 Å². The van der Waals surface area contributed by atoms with Gasteiger partial charge in [-0.25, -0.2) is 0 Å². The maximum atomic E-state index is 8.63. The lowest BCUT2D eigenvalue weighted by Crippen LogP contribution is -1.56. The van der Waals surface area contributed by atoms with E-state index in [2.05, 4.69) is 39.5 Å². The summed E-state index contributed by atoms with van der Waals surface area (Å²) < 4.78 is 0. The first-order chi connectivity index (χ1) is 6.39. The Balaban J connectivity index is -0.000000144. The van der Waals surface area contributed by atoms with E-state index >= 15 is 0 Å². The summed E-state index contributed by atoms with van der Waals surface area (Å²) >= 11 is 0. The van der Waals surface area contributed by atoms with Gasteiger partial charge in [-0.05, 0) is 12.1 Å². The zero-order valence-corrected chi connectivity index (χ0v) is 8.08. The van der Waals surface area contributed by atoms with E-state index in [-0.39, 0.29) is 0 Å². The van der Waals surface area contributed by atoms with E-state index in [4.69, 9.17) is 5.11 Å². The van der Waals surface area contributed by atoms with Crippen molar-refractivity contribution in [1.82, 2.24) is 0 Å². The van der Waals surface area contributed by atoms with Gasteiger partial charge in [0.1, 0.15) is 5.75 Å². The highest BCUT2D eigenvalue weighted by atomic mass is 16.3. The van der Waals surface area contributed by atoms with Crippen molar-refractivity contribution in [2.24, 2.45) is 0 Å². The van der Waals surface area contributed by atoms with Gasteiger partial charge >= 0.3 is 0 Å². The standard InChI is InChI=1S/C6H6O.3C2H4/c7-6-4-2-1-3-5-6;3*1-2/h1-5,7H;3*1-2H2. The predicted octanol–water partition coefficient (Wildman–Crippen LogP) is 3.80. The van der Waals surface area contributed by atoms with Crippen molar-refractivity contribution in [3.8, 4) is 5.75 Å². The lowest BCUT2D eigenvalue weighted by Gasteiger charge is -1.82. The zero-order chi connectivity index (χ0) is 11.1. The molecule has 0 unspecified atom stereocenters. The minimum atomic E-state index is 0.322. The van der Waals surface area contributed by atoms with Crippen LogP contribution in [0.2, 0.25) is 0 Å². The number of benzene rings is 1. The SMILES string of the molecule is C=C.C=C.C=C.Oc1ccccc1. The Labute approximate surface area is 81.4 Å². The molecular formula is C12H18O. The number of phenols is 1. The maximum Gasteiger partial charge on any atom is 0.115 e. The Kier molecular flexibility index (Phi) is 30.0. The van der Waals surface area contributed by atoms with Crippen molar-refractivity contribution >= 4 is 0 Å². The molecule has 0 aromatic heterocycles. The second kappa shape index (κ2) is 22.5. The first kappa shape index (κ1) is 17.4. The number of aromatic hydroxyl groups is 1. The van der Waals surface area contributed by atoms with Gasteiger partial charge in [-0.2, -0.15) is 0 Å². The average Bonchev–Trinajstić information content (AvgIpc) is 2.28. The van der Waals surface area contributed by atoms with Gasteiger partial charge in [0.15, 0.2) is 0 Å². The average molecular weight is 178 g/mol. The van der Waals surface area contributed by atoms with E-state index in [1.54, 1.807) is 24.3 Å². The fraction of sp³-hybridized carbons (Fsp3) is 0. The summed E-state index contributed by atoms with van der Waals surface area (Å²) in [5.74, 6) is 0.322. The first-order valence-corrected chi connectivity index (χ1v) is 3.63. The Morgan fingerprint density at radius 1 is 0.692 bits per heavy atom. The fourth-order valence-corrected chi connectivity index (χ4v) is 0.428. The van der Waals surface area contributed by atoms with Crippen molar-refractivity contribution in [3.63, 3.8) is 0 Å². The number of phenolic OH excluding ortho intramolecular Hbond substituents is 1. The summed E-state index contributed by atoms with van der Waals surface area (Å²) in [5, 5.41) is 8.63.